The maximum Gasteiger partial charge on any atom is 0.257 e. The summed E-state index contributed by atoms with van der Waals surface area (Å²) in [5.41, 5.74) is 1.39. The average molecular weight is 377 g/mol. The van der Waals surface area contributed by atoms with Crippen molar-refractivity contribution in [2.75, 3.05) is 26.2 Å². The number of rotatable bonds is 10. The van der Waals surface area contributed by atoms with E-state index in [0.29, 0.717) is 49.5 Å². The number of hydrogen-bond acceptors (Lipinski definition) is 4. The number of nitrogens with zero attached hydrogens (tertiary/aromatic N) is 2. The zero-order valence-electron chi connectivity index (χ0n) is 15.6. The molecule has 1 amide bonds. The molecule has 0 aliphatic carbocycles. The molecule has 0 fully saturated rings. The van der Waals surface area contributed by atoms with Crippen LogP contribution in [0.5, 0.6) is 5.75 Å². The van der Waals surface area contributed by atoms with E-state index in [1.165, 1.54) is 18.5 Å². The van der Waals surface area contributed by atoms with Crippen molar-refractivity contribution < 1.29 is 14.3 Å². The molecule has 1 aromatic carbocycles. The standard InChI is InChI=1S/C22H23N3O3/c1-3-12-24(13-4-2)17-19-8-5-10-21(16-19)28-15-7-11-23-22(26)20-9-6-14-25(27)18-20/h1-2,5-6,8-10,14,16,18H,7,11-13,15,17H2,(H,23,26). The van der Waals surface area contributed by atoms with Crippen LogP contribution in [0.1, 0.15) is 22.3 Å². The summed E-state index contributed by atoms with van der Waals surface area (Å²) in [5, 5.41) is 14.0. The van der Waals surface area contributed by atoms with Crippen molar-refractivity contribution in [3.05, 3.63) is 65.1 Å². The Labute approximate surface area is 165 Å². The molecule has 0 spiro atoms. The van der Waals surface area contributed by atoms with Crippen molar-refractivity contribution in [3.63, 3.8) is 0 Å². The normalized spacial score (nSPS) is 10.1. The average Bonchev–Trinajstić information content (AvgIpc) is 2.68. The largest absolute Gasteiger partial charge is 0.619 e. The van der Waals surface area contributed by atoms with Crippen molar-refractivity contribution in [2.45, 2.75) is 13.0 Å². The molecule has 2 rings (SSSR count). The first-order valence-corrected chi connectivity index (χ1v) is 8.90. The Balaban J connectivity index is 1.75. The van der Waals surface area contributed by atoms with Gasteiger partial charge < -0.3 is 15.3 Å². The number of amides is 1. The summed E-state index contributed by atoms with van der Waals surface area (Å²) in [6.07, 6.45) is 14.0. The molecular formula is C22H23N3O3. The topological polar surface area (TPSA) is 68.5 Å². The predicted molar refractivity (Wildman–Crippen MR) is 107 cm³/mol. The lowest BCUT2D eigenvalue weighted by atomic mass is 10.2. The van der Waals surface area contributed by atoms with Crippen LogP contribution in [-0.4, -0.2) is 37.0 Å². The number of aromatic nitrogens is 1. The minimum absolute atomic E-state index is 0.283. The van der Waals surface area contributed by atoms with Crippen molar-refractivity contribution >= 4 is 5.91 Å². The van der Waals surface area contributed by atoms with Crippen LogP contribution in [-0.2, 0) is 6.54 Å². The summed E-state index contributed by atoms with van der Waals surface area (Å²) < 4.78 is 6.35. The van der Waals surface area contributed by atoms with Crippen LogP contribution in [0.15, 0.2) is 48.8 Å². The highest BCUT2D eigenvalue weighted by Crippen LogP contribution is 2.15. The lowest BCUT2D eigenvalue weighted by Gasteiger charge is -2.17. The zero-order chi connectivity index (χ0) is 20.2. The maximum absolute atomic E-state index is 11.9. The van der Waals surface area contributed by atoms with Gasteiger partial charge in [0.15, 0.2) is 12.4 Å². The highest BCUT2D eigenvalue weighted by molar-refractivity contribution is 5.93. The second-order valence-corrected chi connectivity index (χ2v) is 6.11. The van der Waals surface area contributed by atoms with Gasteiger partial charge in [0.25, 0.3) is 5.91 Å². The summed E-state index contributed by atoms with van der Waals surface area (Å²) in [6.45, 7) is 2.53. The molecular weight excluding hydrogens is 354 g/mol. The number of terminal acetylenes is 2. The van der Waals surface area contributed by atoms with Crippen LogP contribution in [0.3, 0.4) is 0 Å². The van der Waals surface area contributed by atoms with E-state index in [1.807, 2.05) is 29.2 Å². The quantitative estimate of drug-likeness (QED) is 0.295. The lowest BCUT2D eigenvalue weighted by Crippen LogP contribution is -2.30. The van der Waals surface area contributed by atoms with Gasteiger partial charge in [0.1, 0.15) is 11.3 Å². The Morgan fingerprint density at radius 2 is 2.00 bits per heavy atom. The van der Waals surface area contributed by atoms with Crippen molar-refractivity contribution in [3.8, 4) is 30.4 Å². The molecule has 2 aromatic rings. The fourth-order valence-corrected chi connectivity index (χ4v) is 2.57. The maximum atomic E-state index is 11.9. The van der Waals surface area contributed by atoms with Crippen LogP contribution in [0.4, 0.5) is 0 Å². The van der Waals surface area contributed by atoms with Gasteiger partial charge in [-0.05, 0) is 30.2 Å². The summed E-state index contributed by atoms with van der Waals surface area (Å²) >= 11 is 0. The van der Waals surface area contributed by atoms with Crippen molar-refractivity contribution in [2.24, 2.45) is 0 Å². The van der Waals surface area contributed by atoms with Crippen LogP contribution < -0.4 is 14.8 Å². The van der Waals surface area contributed by atoms with Gasteiger partial charge in [-0.1, -0.05) is 24.0 Å². The smallest absolute Gasteiger partial charge is 0.257 e. The van der Waals surface area contributed by atoms with E-state index >= 15 is 0 Å². The molecule has 6 heteroatoms. The number of carbonyl (C=O) groups is 1. The van der Waals surface area contributed by atoms with Crippen molar-refractivity contribution in [1.29, 1.82) is 0 Å². The Hall–Kier alpha value is -3.48. The Kier molecular flexibility index (Phi) is 8.39. The van der Waals surface area contributed by atoms with E-state index in [4.69, 9.17) is 17.6 Å². The predicted octanol–water partition coefficient (Wildman–Crippen LogP) is 1.59. The Morgan fingerprint density at radius 1 is 1.21 bits per heavy atom. The molecule has 0 saturated carbocycles. The first-order chi connectivity index (χ1) is 13.6. The van der Waals surface area contributed by atoms with Gasteiger partial charge in [0.2, 0.25) is 0 Å². The van der Waals surface area contributed by atoms with Crippen LogP contribution in [0.25, 0.3) is 0 Å². The molecule has 0 radical (unpaired) electrons. The van der Waals surface area contributed by atoms with Crippen LogP contribution in [0.2, 0.25) is 0 Å². The molecule has 28 heavy (non-hydrogen) atoms. The summed E-state index contributed by atoms with van der Waals surface area (Å²) in [4.78, 5) is 13.9. The molecule has 144 valence electrons. The van der Waals surface area contributed by atoms with Gasteiger partial charge in [-0.2, -0.15) is 4.73 Å². The molecule has 0 atom stereocenters. The molecule has 0 aliphatic heterocycles. The minimum atomic E-state index is -0.283. The zero-order valence-corrected chi connectivity index (χ0v) is 15.6. The van der Waals surface area contributed by atoms with Crippen LogP contribution >= 0.6 is 0 Å². The van der Waals surface area contributed by atoms with E-state index in [-0.39, 0.29) is 5.91 Å². The van der Waals surface area contributed by atoms with Gasteiger partial charge in [-0.15, -0.1) is 12.8 Å². The summed E-state index contributed by atoms with van der Waals surface area (Å²) in [5.74, 6) is 5.68. The highest BCUT2D eigenvalue weighted by Gasteiger charge is 2.08. The van der Waals surface area contributed by atoms with Crippen molar-refractivity contribution in [1.82, 2.24) is 10.2 Å². The van der Waals surface area contributed by atoms with E-state index < -0.39 is 0 Å². The second kappa shape index (κ2) is 11.3. The monoisotopic (exact) mass is 377 g/mol. The first kappa shape index (κ1) is 20.8. The third kappa shape index (κ3) is 7.03. The Morgan fingerprint density at radius 3 is 2.71 bits per heavy atom. The number of benzene rings is 1. The molecule has 0 aliphatic rings. The molecule has 1 N–H and O–H groups in total. The SMILES string of the molecule is C#CCN(CC#C)Cc1cccc(OCCCNC(=O)c2ccc[n+]([O-])c2)c1. The van der Waals surface area contributed by atoms with E-state index in [9.17, 15) is 10.0 Å². The molecule has 1 aromatic heterocycles. The van der Waals surface area contributed by atoms with Gasteiger partial charge in [-0.3, -0.25) is 9.69 Å². The number of pyridine rings is 1. The second-order valence-electron chi connectivity index (χ2n) is 6.11. The summed E-state index contributed by atoms with van der Waals surface area (Å²) in [6, 6.07) is 10.9. The lowest BCUT2D eigenvalue weighted by molar-refractivity contribution is -0.605. The third-order valence-corrected chi connectivity index (χ3v) is 3.85. The fourth-order valence-electron chi connectivity index (χ4n) is 2.57. The molecule has 0 bridgehead atoms. The van der Waals surface area contributed by atoms with Gasteiger partial charge in [0, 0.05) is 19.2 Å². The molecule has 0 saturated heterocycles. The third-order valence-electron chi connectivity index (χ3n) is 3.85. The van der Waals surface area contributed by atoms with Gasteiger partial charge >= 0.3 is 0 Å². The first-order valence-electron chi connectivity index (χ1n) is 8.90. The van der Waals surface area contributed by atoms with Gasteiger partial charge in [-0.25, -0.2) is 0 Å². The van der Waals surface area contributed by atoms with Crippen LogP contribution in [0, 0.1) is 29.9 Å². The van der Waals surface area contributed by atoms with Gasteiger partial charge in [0.05, 0.1) is 19.7 Å². The number of nitrogens with one attached hydrogen (secondary N) is 1. The van der Waals surface area contributed by atoms with E-state index in [1.54, 1.807) is 6.07 Å². The number of hydrogen-bond donors (Lipinski definition) is 1. The number of carbonyl (C=O) groups excluding carboxylic acids is 1. The molecule has 1 heterocycles. The van der Waals surface area contributed by atoms with E-state index in [0.717, 1.165) is 11.3 Å². The minimum Gasteiger partial charge on any atom is -0.619 e. The summed E-state index contributed by atoms with van der Waals surface area (Å²) in [7, 11) is 0. The fraction of sp³-hybridized carbons (Fsp3) is 0.273. The van der Waals surface area contributed by atoms with E-state index in [2.05, 4.69) is 17.2 Å². The molecule has 6 nitrogen and oxygen atoms in total. The number of ether oxygens (including phenoxy) is 1. The Bertz CT molecular complexity index is 852. The highest BCUT2D eigenvalue weighted by atomic mass is 16.5. The molecule has 0 unspecified atom stereocenters.